The number of anilines is 1. The van der Waals surface area contributed by atoms with Crippen LogP contribution in [-0.4, -0.2) is 22.3 Å². The van der Waals surface area contributed by atoms with Gasteiger partial charge in [0.2, 0.25) is 11.0 Å². The Bertz CT molecular complexity index is 613. The number of hydrogen-bond acceptors (Lipinski definition) is 6. The van der Waals surface area contributed by atoms with Crippen LogP contribution in [0.1, 0.15) is 10.6 Å². The summed E-state index contributed by atoms with van der Waals surface area (Å²) in [5.41, 5.74) is 8.53. The fourth-order valence-corrected chi connectivity index (χ4v) is 2.06. The number of carbonyl (C=O) groups excluding carboxylic acids is 1. The van der Waals surface area contributed by atoms with E-state index in [1.54, 1.807) is 12.1 Å². The minimum Gasteiger partial charge on any atom is -0.374 e. The quantitative estimate of drug-likeness (QED) is 0.660. The topological polar surface area (TPSA) is 93.3 Å². The van der Waals surface area contributed by atoms with E-state index in [2.05, 4.69) is 20.7 Å². The number of aromatic nitrogens is 2. The third kappa shape index (κ3) is 4.01. The maximum atomic E-state index is 11.5. The normalized spacial score (nSPS) is 10.8. The number of benzene rings is 1. The molecule has 0 fully saturated rings. The summed E-state index contributed by atoms with van der Waals surface area (Å²) in [6, 6.07) is 7.19. The number of nitrogens with zero attached hydrogens (tertiary/aromatic N) is 3. The summed E-state index contributed by atoms with van der Waals surface area (Å²) >= 11 is 7.11. The van der Waals surface area contributed by atoms with Crippen LogP contribution >= 0.6 is 22.9 Å². The van der Waals surface area contributed by atoms with Crippen LogP contribution in [0.5, 0.6) is 0 Å². The van der Waals surface area contributed by atoms with Crippen molar-refractivity contribution in [3.63, 3.8) is 0 Å². The molecule has 1 heterocycles. The van der Waals surface area contributed by atoms with E-state index < -0.39 is 0 Å². The van der Waals surface area contributed by atoms with Gasteiger partial charge in [-0.1, -0.05) is 41.1 Å². The second kappa shape index (κ2) is 6.26. The maximum Gasteiger partial charge on any atom is 0.247 e. The molecule has 0 aliphatic heterocycles. The van der Waals surface area contributed by atoms with Crippen molar-refractivity contribution in [1.29, 1.82) is 0 Å². The number of nitrogens with two attached hydrogens (primary N) is 1. The zero-order chi connectivity index (χ0) is 13.7. The highest BCUT2D eigenvalue weighted by Crippen LogP contribution is 2.12. The molecular weight excluding hydrogens is 286 g/mol. The summed E-state index contributed by atoms with van der Waals surface area (Å²) in [6.07, 6.45) is 1.57. The Morgan fingerprint density at radius 2 is 2.26 bits per heavy atom. The lowest BCUT2D eigenvalue weighted by atomic mass is 10.2. The zero-order valence-corrected chi connectivity index (χ0v) is 11.3. The first-order valence-corrected chi connectivity index (χ1v) is 6.49. The highest BCUT2D eigenvalue weighted by atomic mass is 35.5. The van der Waals surface area contributed by atoms with Gasteiger partial charge in [-0.05, 0) is 6.07 Å². The molecule has 8 heteroatoms. The summed E-state index contributed by atoms with van der Waals surface area (Å²) in [4.78, 5) is 11.5. The van der Waals surface area contributed by atoms with Gasteiger partial charge in [0.25, 0.3) is 0 Å². The van der Waals surface area contributed by atoms with E-state index in [9.17, 15) is 4.79 Å². The highest BCUT2D eigenvalue weighted by molar-refractivity contribution is 7.15. The van der Waals surface area contributed by atoms with Gasteiger partial charge >= 0.3 is 0 Å². The minimum absolute atomic E-state index is 0.0920. The summed E-state index contributed by atoms with van der Waals surface area (Å²) in [5.74, 6) is -0.292. The molecule has 0 bridgehead atoms. The van der Waals surface area contributed by atoms with E-state index in [0.29, 0.717) is 15.2 Å². The second-order valence-corrected chi connectivity index (χ2v) is 5.03. The molecule has 2 aromatic rings. The molecule has 1 aromatic heterocycles. The predicted octanol–water partition coefficient (Wildman–Crippen LogP) is 1.47. The van der Waals surface area contributed by atoms with Gasteiger partial charge in [0, 0.05) is 10.6 Å². The molecule has 2 rings (SSSR count). The summed E-state index contributed by atoms with van der Waals surface area (Å²) in [6.45, 7) is 0. The van der Waals surface area contributed by atoms with Crippen LogP contribution in [0, 0.1) is 0 Å². The zero-order valence-electron chi connectivity index (χ0n) is 9.71. The van der Waals surface area contributed by atoms with Crippen LogP contribution in [0.2, 0.25) is 5.02 Å². The number of hydrogen-bond donors (Lipinski definition) is 2. The number of hydrazone groups is 1. The third-order valence-corrected chi connectivity index (χ3v) is 3.19. The molecule has 0 atom stereocenters. The first kappa shape index (κ1) is 13.4. The third-order valence-electron chi connectivity index (χ3n) is 2.09. The standard InChI is InChI=1S/C11H10ClN5OS/c12-8-4-2-1-3-7(8)6-14-15-9(18)5-10-16-17-11(13)19-10/h1-4,6H,5H2,(H2,13,17)(H,15,18)/b14-6-. The lowest BCUT2D eigenvalue weighted by Gasteiger charge is -1.97. The molecule has 3 N–H and O–H groups in total. The Morgan fingerprint density at radius 3 is 2.95 bits per heavy atom. The average molecular weight is 296 g/mol. The van der Waals surface area contributed by atoms with Crippen molar-refractivity contribution in [2.75, 3.05) is 5.73 Å². The SMILES string of the molecule is Nc1nnc(CC(=O)N/N=C\c2ccccc2Cl)s1. The van der Waals surface area contributed by atoms with Gasteiger partial charge in [0.05, 0.1) is 12.6 Å². The van der Waals surface area contributed by atoms with Gasteiger partial charge < -0.3 is 5.73 Å². The smallest absolute Gasteiger partial charge is 0.247 e. The van der Waals surface area contributed by atoms with E-state index >= 15 is 0 Å². The van der Waals surface area contributed by atoms with Crippen LogP contribution in [0.3, 0.4) is 0 Å². The van der Waals surface area contributed by atoms with Crippen LogP contribution in [0.25, 0.3) is 0 Å². The molecule has 0 spiro atoms. The lowest BCUT2D eigenvalue weighted by molar-refractivity contribution is -0.120. The second-order valence-electron chi connectivity index (χ2n) is 3.53. The molecule has 1 amide bonds. The molecule has 6 nitrogen and oxygen atoms in total. The molecule has 0 radical (unpaired) electrons. The van der Waals surface area contributed by atoms with Crippen LogP contribution in [-0.2, 0) is 11.2 Å². The van der Waals surface area contributed by atoms with Gasteiger partial charge in [-0.25, -0.2) is 5.43 Å². The van der Waals surface area contributed by atoms with Crippen LogP contribution in [0.15, 0.2) is 29.4 Å². The van der Waals surface area contributed by atoms with Gasteiger partial charge in [0.15, 0.2) is 0 Å². The van der Waals surface area contributed by atoms with E-state index in [0.717, 1.165) is 5.56 Å². The lowest BCUT2D eigenvalue weighted by Crippen LogP contribution is -2.19. The Balaban J connectivity index is 1.88. The Labute approximate surface area is 118 Å². The van der Waals surface area contributed by atoms with E-state index in [1.807, 2.05) is 12.1 Å². The molecule has 0 aliphatic carbocycles. The highest BCUT2D eigenvalue weighted by Gasteiger charge is 2.07. The monoisotopic (exact) mass is 295 g/mol. The molecule has 19 heavy (non-hydrogen) atoms. The van der Waals surface area contributed by atoms with E-state index in [1.165, 1.54) is 17.6 Å². The molecule has 0 saturated heterocycles. The number of nitrogen functional groups attached to an aromatic ring is 1. The van der Waals surface area contributed by atoms with Gasteiger partial charge in [0.1, 0.15) is 5.01 Å². The largest absolute Gasteiger partial charge is 0.374 e. The first-order valence-electron chi connectivity index (χ1n) is 5.29. The van der Waals surface area contributed by atoms with Crippen molar-refractivity contribution < 1.29 is 4.79 Å². The summed E-state index contributed by atoms with van der Waals surface area (Å²) in [7, 11) is 0. The number of amides is 1. The minimum atomic E-state index is -0.292. The Morgan fingerprint density at radius 1 is 1.47 bits per heavy atom. The molecule has 0 saturated carbocycles. The molecule has 98 valence electrons. The van der Waals surface area contributed by atoms with E-state index in [-0.39, 0.29) is 12.3 Å². The predicted molar refractivity (Wildman–Crippen MR) is 75.2 cm³/mol. The van der Waals surface area contributed by atoms with Crippen molar-refractivity contribution in [1.82, 2.24) is 15.6 Å². The Kier molecular flexibility index (Phi) is 4.43. The number of carbonyl (C=O) groups is 1. The van der Waals surface area contributed by atoms with Crippen molar-refractivity contribution in [2.24, 2.45) is 5.10 Å². The summed E-state index contributed by atoms with van der Waals surface area (Å²) in [5, 5.41) is 12.6. The molecular formula is C11H10ClN5OS. The van der Waals surface area contributed by atoms with Crippen molar-refractivity contribution in [2.45, 2.75) is 6.42 Å². The van der Waals surface area contributed by atoms with Gasteiger partial charge in [-0.2, -0.15) is 5.10 Å². The number of nitrogens with one attached hydrogen (secondary N) is 1. The average Bonchev–Trinajstić information content (AvgIpc) is 2.77. The van der Waals surface area contributed by atoms with Crippen LogP contribution in [0.4, 0.5) is 5.13 Å². The number of rotatable bonds is 4. The maximum absolute atomic E-state index is 11.5. The van der Waals surface area contributed by atoms with Gasteiger partial charge in [-0.15, -0.1) is 10.2 Å². The molecule has 0 unspecified atom stereocenters. The fraction of sp³-hybridized carbons (Fsp3) is 0.0909. The first-order chi connectivity index (χ1) is 9.15. The van der Waals surface area contributed by atoms with Crippen molar-refractivity contribution in [3.8, 4) is 0 Å². The fourth-order valence-electron chi connectivity index (χ4n) is 1.27. The van der Waals surface area contributed by atoms with Crippen molar-refractivity contribution in [3.05, 3.63) is 39.9 Å². The summed E-state index contributed by atoms with van der Waals surface area (Å²) < 4.78 is 0. The van der Waals surface area contributed by atoms with Gasteiger partial charge in [-0.3, -0.25) is 4.79 Å². The Hall–Kier alpha value is -1.99. The van der Waals surface area contributed by atoms with E-state index in [4.69, 9.17) is 17.3 Å². The molecule has 0 aliphatic rings. The van der Waals surface area contributed by atoms with Crippen LogP contribution < -0.4 is 11.2 Å². The van der Waals surface area contributed by atoms with Crippen molar-refractivity contribution >= 4 is 40.2 Å². The number of halogens is 1. The molecule has 1 aromatic carbocycles.